The number of phenolic OH excluding ortho intramolecular Hbond substituents is 3. The van der Waals surface area contributed by atoms with E-state index >= 15 is 0 Å². The van der Waals surface area contributed by atoms with E-state index in [4.69, 9.17) is 0 Å². The van der Waals surface area contributed by atoms with E-state index in [1.807, 2.05) is 0 Å². The monoisotopic (exact) mass is 216 g/mol. The molecule has 3 N–H and O–H groups in total. The van der Waals surface area contributed by atoms with E-state index < -0.39 is 0 Å². The summed E-state index contributed by atoms with van der Waals surface area (Å²) in [5, 5.41) is 28.7. The van der Waals surface area contributed by atoms with Crippen LogP contribution >= 0.6 is 0 Å². The summed E-state index contributed by atoms with van der Waals surface area (Å²) in [6, 6.07) is 9.59. The second-order valence-electron chi connectivity index (χ2n) is 3.67. The van der Waals surface area contributed by atoms with Crippen LogP contribution in [0.3, 0.4) is 0 Å². The Morgan fingerprint density at radius 3 is 2.31 bits per heavy atom. The van der Waals surface area contributed by atoms with Gasteiger partial charge in [0.15, 0.2) is 0 Å². The van der Waals surface area contributed by atoms with Gasteiger partial charge in [-0.25, -0.2) is 0 Å². The quantitative estimate of drug-likeness (QED) is 0.686. The van der Waals surface area contributed by atoms with E-state index in [9.17, 15) is 15.3 Å². The number of hydrogen-bond donors (Lipinski definition) is 3. The molecular formula is C13H12O3. The highest BCUT2D eigenvalue weighted by atomic mass is 16.3. The first-order chi connectivity index (χ1) is 7.59. The Hall–Kier alpha value is -2.16. The predicted octanol–water partition coefficient (Wildman–Crippen LogP) is 2.78. The Morgan fingerprint density at radius 2 is 1.62 bits per heavy atom. The molecule has 0 aliphatic heterocycles. The van der Waals surface area contributed by atoms with Crippen LogP contribution in [0.15, 0.2) is 36.4 Å². The molecule has 3 heteroatoms. The average Bonchev–Trinajstić information content (AvgIpc) is 2.23. The fourth-order valence-corrected chi connectivity index (χ4v) is 1.62. The molecule has 2 aromatic rings. The lowest BCUT2D eigenvalue weighted by atomic mass is 10.0. The van der Waals surface area contributed by atoms with E-state index in [1.54, 1.807) is 31.2 Å². The van der Waals surface area contributed by atoms with Crippen LogP contribution in [-0.4, -0.2) is 15.3 Å². The van der Waals surface area contributed by atoms with Gasteiger partial charge in [-0.15, -0.1) is 0 Å². The zero-order chi connectivity index (χ0) is 11.7. The molecule has 0 aliphatic rings. The predicted molar refractivity (Wildman–Crippen MR) is 61.6 cm³/mol. The van der Waals surface area contributed by atoms with Crippen molar-refractivity contribution in [2.24, 2.45) is 0 Å². The lowest BCUT2D eigenvalue weighted by Gasteiger charge is -2.09. The fourth-order valence-electron chi connectivity index (χ4n) is 1.62. The zero-order valence-corrected chi connectivity index (χ0v) is 8.81. The molecule has 0 radical (unpaired) electrons. The molecule has 2 aromatic carbocycles. The second kappa shape index (κ2) is 3.77. The molecule has 0 saturated heterocycles. The van der Waals surface area contributed by atoms with Gasteiger partial charge >= 0.3 is 0 Å². The van der Waals surface area contributed by atoms with Gasteiger partial charge in [-0.1, -0.05) is 18.2 Å². The topological polar surface area (TPSA) is 60.7 Å². The van der Waals surface area contributed by atoms with Gasteiger partial charge in [0.2, 0.25) is 0 Å². The van der Waals surface area contributed by atoms with Gasteiger partial charge in [-0.05, 0) is 24.6 Å². The van der Waals surface area contributed by atoms with Crippen LogP contribution in [0, 0.1) is 6.92 Å². The Bertz CT molecular complexity index is 533. The van der Waals surface area contributed by atoms with E-state index in [0.29, 0.717) is 11.1 Å². The fraction of sp³-hybridized carbons (Fsp3) is 0.0769. The molecule has 0 fully saturated rings. The van der Waals surface area contributed by atoms with Crippen LogP contribution < -0.4 is 0 Å². The van der Waals surface area contributed by atoms with Crippen molar-refractivity contribution >= 4 is 0 Å². The van der Waals surface area contributed by atoms with Crippen molar-refractivity contribution in [1.29, 1.82) is 0 Å². The molecule has 0 spiro atoms. The molecule has 0 saturated carbocycles. The number of para-hydroxylation sites is 1. The molecule has 0 atom stereocenters. The molecule has 0 amide bonds. The Labute approximate surface area is 93.2 Å². The van der Waals surface area contributed by atoms with Crippen molar-refractivity contribution < 1.29 is 15.3 Å². The molecular weight excluding hydrogens is 204 g/mol. The van der Waals surface area contributed by atoms with Crippen molar-refractivity contribution in [3.63, 3.8) is 0 Å². The molecule has 82 valence electrons. The maximum atomic E-state index is 9.87. The third-order valence-electron chi connectivity index (χ3n) is 2.51. The minimum absolute atomic E-state index is 0.00612. The summed E-state index contributed by atoms with van der Waals surface area (Å²) >= 11 is 0. The highest BCUT2D eigenvalue weighted by molar-refractivity contribution is 5.76. The minimum atomic E-state index is -0.0547. The van der Waals surface area contributed by atoms with Crippen molar-refractivity contribution in [3.8, 4) is 28.4 Å². The van der Waals surface area contributed by atoms with Gasteiger partial charge in [-0.2, -0.15) is 0 Å². The lowest BCUT2D eigenvalue weighted by molar-refractivity contribution is 0.450. The number of benzene rings is 2. The smallest absolute Gasteiger partial charge is 0.127 e. The van der Waals surface area contributed by atoms with Crippen LogP contribution in [0.5, 0.6) is 17.2 Å². The van der Waals surface area contributed by atoms with Crippen LogP contribution in [0.4, 0.5) is 0 Å². The maximum Gasteiger partial charge on any atom is 0.127 e. The average molecular weight is 216 g/mol. The lowest BCUT2D eigenvalue weighted by Crippen LogP contribution is -1.83. The molecule has 0 aliphatic carbocycles. The van der Waals surface area contributed by atoms with Crippen LogP contribution in [0.1, 0.15) is 5.56 Å². The van der Waals surface area contributed by atoms with Crippen molar-refractivity contribution in [1.82, 2.24) is 0 Å². The molecule has 0 unspecified atom stereocenters. The third kappa shape index (κ3) is 1.67. The summed E-state index contributed by atoms with van der Waals surface area (Å²) in [7, 11) is 0. The number of aromatic hydroxyl groups is 3. The van der Waals surface area contributed by atoms with E-state index in [2.05, 4.69) is 0 Å². The standard InChI is InChI=1S/C13H12O3/c1-8-3-2-4-11(13(8)16)10-6-5-9(14)7-12(10)15/h2-7,14-16H,1H3. The number of phenols is 3. The molecule has 0 heterocycles. The van der Waals surface area contributed by atoms with Gasteiger partial charge in [0, 0.05) is 17.2 Å². The maximum absolute atomic E-state index is 9.87. The van der Waals surface area contributed by atoms with Crippen molar-refractivity contribution in [2.45, 2.75) is 6.92 Å². The molecule has 16 heavy (non-hydrogen) atoms. The first kappa shape index (κ1) is 10.4. The highest BCUT2D eigenvalue weighted by Gasteiger charge is 2.10. The zero-order valence-electron chi connectivity index (χ0n) is 8.81. The first-order valence-corrected chi connectivity index (χ1v) is 4.90. The summed E-state index contributed by atoms with van der Waals surface area (Å²) in [5.74, 6) is 0.0813. The summed E-state index contributed by atoms with van der Waals surface area (Å²) in [4.78, 5) is 0. The third-order valence-corrected chi connectivity index (χ3v) is 2.51. The molecule has 0 aromatic heterocycles. The van der Waals surface area contributed by atoms with Gasteiger partial charge in [0.1, 0.15) is 17.2 Å². The number of rotatable bonds is 1. The van der Waals surface area contributed by atoms with Gasteiger partial charge in [-0.3, -0.25) is 0 Å². The number of aryl methyl sites for hydroxylation is 1. The van der Waals surface area contributed by atoms with Gasteiger partial charge in [0.05, 0.1) is 0 Å². The van der Waals surface area contributed by atoms with Crippen molar-refractivity contribution in [2.75, 3.05) is 0 Å². The highest BCUT2D eigenvalue weighted by Crippen LogP contribution is 2.38. The SMILES string of the molecule is Cc1cccc(-c2ccc(O)cc2O)c1O. The van der Waals surface area contributed by atoms with E-state index in [-0.39, 0.29) is 17.2 Å². The Balaban J connectivity index is 2.63. The van der Waals surface area contributed by atoms with Crippen LogP contribution in [-0.2, 0) is 0 Å². The summed E-state index contributed by atoms with van der Waals surface area (Å²) in [6.45, 7) is 1.79. The van der Waals surface area contributed by atoms with Gasteiger partial charge < -0.3 is 15.3 Å². The first-order valence-electron chi connectivity index (χ1n) is 4.90. The van der Waals surface area contributed by atoms with Crippen molar-refractivity contribution in [3.05, 3.63) is 42.0 Å². The molecule has 3 nitrogen and oxygen atoms in total. The van der Waals surface area contributed by atoms with E-state index in [1.165, 1.54) is 12.1 Å². The van der Waals surface area contributed by atoms with E-state index in [0.717, 1.165) is 5.56 Å². The molecule has 0 bridgehead atoms. The minimum Gasteiger partial charge on any atom is -0.508 e. The summed E-state index contributed by atoms with van der Waals surface area (Å²) in [5.41, 5.74) is 1.79. The van der Waals surface area contributed by atoms with Crippen LogP contribution in [0.25, 0.3) is 11.1 Å². The van der Waals surface area contributed by atoms with Gasteiger partial charge in [0.25, 0.3) is 0 Å². The summed E-state index contributed by atoms with van der Waals surface area (Å²) < 4.78 is 0. The number of hydrogen-bond acceptors (Lipinski definition) is 3. The Morgan fingerprint density at radius 1 is 0.875 bits per heavy atom. The van der Waals surface area contributed by atoms with Crippen LogP contribution in [0.2, 0.25) is 0 Å². The normalized spacial score (nSPS) is 10.3. The second-order valence-corrected chi connectivity index (χ2v) is 3.67. The Kier molecular flexibility index (Phi) is 2.44. The summed E-state index contributed by atoms with van der Waals surface area (Å²) in [6.07, 6.45) is 0. The molecule has 2 rings (SSSR count). The largest absolute Gasteiger partial charge is 0.508 e.